The number of hydrogen-bond donors (Lipinski definition) is 2. The van der Waals surface area contributed by atoms with E-state index in [2.05, 4.69) is 10.2 Å². The summed E-state index contributed by atoms with van der Waals surface area (Å²) in [7, 11) is 0. The molecule has 0 atom stereocenters. The van der Waals surface area contributed by atoms with Gasteiger partial charge in [0, 0.05) is 18.8 Å². The van der Waals surface area contributed by atoms with Gasteiger partial charge in [-0.1, -0.05) is 6.07 Å². The zero-order chi connectivity index (χ0) is 18.5. The maximum absolute atomic E-state index is 13.7. The summed E-state index contributed by atoms with van der Waals surface area (Å²) in [5.74, 6) is -0.0405. The van der Waals surface area contributed by atoms with Crippen LogP contribution >= 0.6 is 12.2 Å². The summed E-state index contributed by atoms with van der Waals surface area (Å²) in [6, 6.07) is 5.02. The van der Waals surface area contributed by atoms with Crippen LogP contribution in [0.4, 0.5) is 10.1 Å². The molecule has 26 heavy (non-hydrogen) atoms. The van der Waals surface area contributed by atoms with Crippen LogP contribution in [0.15, 0.2) is 18.2 Å². The predicted molar refractivity (Wildman–Crippen MR) is 102 cm³/mol. The molecule has 6 nitrogen and oxygen atoms in total. The van der Waals surface area contributed by atoms with Crippen LogP contribution in [0.5, 0.6) is 0 Å². The van der Waals surface area contributed by atoms with Gasteiger partial charge in [0.25, 0.3) is 5.91 Å². The number of morpholine rings is 1. The largest absolute Gasteiger partial charge is 0.378 e. The fraction of sp³-hybridized carbons (Fsp3) is 0.556. The van der Waals surface area contributed by atoms with Crippen molar-refractivity contribution in [2.24, 2.45) is 0 Å². The van der Waals surface area contributed by atoms with E-state index in [0.29, 0.717) is 49.2 Å². The molecule has 8 heteroatoms. The van der Waals surface area contributed by atoms with Crippen molar-refractivity contribution in [3.05, 3.63) is 29.6 Å². The first kappa shape index (κ1) is 19.0. The van der Waals surface area contributed by atoms with Crippen LogP contribution in [-0.4, -0.2) is 79.8 Å². The highest BCUT2D eigenvalue weighted by atomic mass is 32.1. The standard InChI is InChI=1S/C18H25FN4O2S/c1-14-2-3-15(12-16(14)19)20-18(26)23-6-4-21(5-7-23)13-17(24)22-8-10-25-11-9-22/h2-3,12H,4-11,13H2,1H3,(H,20,26)/p+1. The lowest BCUT2D eigenvalue weighted by atomic mass is 10.2. The number of carbonyl (C=O) groups excluding carboxylic acids is 1. The molecule has 0 aromatic heterocycles. The van der Waals surface area contributed by atoms with Crippen LogP contribution in [0.1, 0.15) is 5.56 Å². The smallest absolute Gasteiger partial charge is 0.277 e. The second-order valence-electron chi connectivity index (χ2n) is 6.80. The Morgan fingerprint density at radius 1 is 1.23 bits per heavy atom. The van der Waals surface area contributed by atoms with Gasteiger partial charge in [0.15, 0.2) is 11.7 Å². The molecule has 0 unspecified atom stereocenters. The summed E-state index contributed by atoms with van der Waals surface area (Å²) in [5.41, 5.74) is 1.28. The molecule has 142 valence electrons. The molecule has 2 heterocycles. The summed E-state index contributed by atoms with van der Waals surface area (Å²) < 4.78 is 18.9. The van der Waals surface area contributed by atoms with E-state index < -0.39 is 0 Å². The lowest BCUT2D eigenvalue weighted by Crippen LogP contribution is -3.15. The number of rotatable bonds is 3. The molecule has 2 N–H and O–H groups in total. The molecule has 3 rings (SSSR count). The topological polar surface area (TPSA) is 49.2 Å². The molecule has 0 radical (unpaired) electrons. The Kier molecular flexibility index (Phi) is 6.39. The molecule has 2 aliphatic rings. The van der Waals surface area contributed by atoms with Crippen LogP contribution in [0.2, 0.25) is 0 Å². The van der Waals surface area contributed by atoms with Crippen molar-refractivity contribution in [1.29, 1.82) is 0 Å². The SMILES string of the molecule is Cc1ccc(NC(=S)N2CC[NH+](CC(=O)N3CCOCC3)CC2)cc1F. The number of amides is 1. The van der Waals surface area contributed by atoms with Gasteiger partial charge >= 0.3 is 0 Å². The minimum atomic E-state index is -0.242. The van der Waals surface area contributed by atoms with Gasteiger partial charge in [-0.3, -0.25) is 4.79 Å². The first-order chi connectivity index (χ1) is 12.5. The number of quaternary nitrogens is 1. The summed E-state index contributed by atoms with van der Waals surface area (Å²) in [4.78, 5) is 17.6. The van der Waals surface area contributed by atoms with Crippen molar-refractivity contribution in [2.45, 2.75) is 6.92 Å². The second-order valence-corrected chi connectivity index (χ2v) is 7.19. The first-order valence-electron chi connectivity index (χ1n) is 9.04. The number of nitrogens with one attached hydrogen (secondary N) is 2. The highest BCUT2D eigenvalue weighted by Crippen LogP contribution is 2.14. The molecule has 1 aromatic carbocycles. The van der Waals surface area contributed by atoms with Gasteiger partial charge < -0.3 is 24.8 Å². The van der Waals surface area contributed by atoms with E-state index in [9.17, 15) is 9.18 Å². The number of halogens is 1. The van der Waals surface area contributed by atoms with E-state index in [1.54, 1.807) is 13.0 Å². The fourth-order valence-electron chi connectivity index (χ4n) is 3.21. The molecular weight excluding hydrogens is 355 g/mol. The average molecular weight is 381 g/mol. The van der Waals surface area contributed by atoms with Crippen LogP contribution in [-0.2, 0) is 9.53 Å². The summed E-state index contributed by atoms with van der Waals surface area (Å²) >= 11 is 5.46. The second kappa shape index (κ2) is 8.75. The van der Waals surface area contributed by atoms with Crippen molar-refractivity contribution in [2.75, 3.05) is 64.3 Å². The number of aryl methyl sites for hydroxylation is 1. The van der Waals surface area contributed by atoms with Crippen molar-refractivity contribution in [3.63, 3.8) is 0 Å². The molecule has 0 spiro atoms. The Morgan fingerprint density at radius 3 is 2.58 bits per heavy atom. The number of benzene rings is 1. The van der Waals surface area contributed by atoms with Gasteiger partial charge in [-0.15, -0.1) is 0 Å². The van der Waals surface area contributed by atoms with E-state index in [1.165, 1.54) is 11.0 Å². The van der Waals surface area contributed by atoms with Gasteiger partial charge in [0.05, 0.1) is 39.4 Å². The summed E-state index contributed by atoms with van der Waals surface area (Å²) in [6.07, 6.45) is 0. The van der Waals surface area contributed by atoms with Gasteiger partial charge in [0.1, 0.15) is 5.82 Å². The van der Waals surface area contributed by atoms with E-state index in [0.717, 1.165) is 26.2 Å². The minimum absolute atomic E-state index is 0.201. The third kappa shape index (κ3) is 4.90. The van der Waals surface area contributed by atoms with E-state index in [1.807, 2.05) is 11.0 Å². The quantitative estimate of drug-likeness (QED) is 0.716. The molecule has 0 saturated carbocycles. The van der Waals surface area contributed by atoms with Crippen molar-refractivity contribution >= 4 is 28.9 Å². The zero-order valence-electron chi connectivity index (χ0n) is 15.1. The average Bonchev–Trinajstić information content (AvgIpc) is 2.66. The van der Waals surface area contributed by atoms with Crippen LogP contribution in [0.25, 0.3) is 0 Å². The van der Waals surface area contributed by atoms with Crippen molar-refractivity contribution in [1.82, 2.24) is 9.80 Å². The van der Waals surface area contributed by atoms with Crippen molar-refractivity contribution in [3.8, 4) is 0 Å². The zero-order valence-corrected chi connectivity index (χ0v) is 15.9. The molecule has 0 aliphatic carbocycles. The number of thiocarbonyl (C=S) groups is 1. The Balaban J connectivity index is 1.44. The van der Waals surface area contributed by atoms with Crippen molar-refractivity contribution < 1.29 is 18.8 Å². The molecule has 1 amide bonds. The molecule has 0 bridgehead atoms. The number of carbonyl (C=O) groups is 1. The van der Waals surface area contributed by atoms with Gasteiger partial charge in [-0.05, 0) is 36.8 Å². The Labute approximate surface area is 158 Å². The number of nitrogens with zero attached hydrogens (tertiary/aromatic N) is 2. The number of ether oxygens (including phenoxy) is 1. The molecular formula is C18H26FN4O2S+. The number of piperazine rings is 1. The van der Waals surface area contributed by atoms with E-state index in [4.69, 9.17) is 17.0 Å². The highest BCUT2D eigenvalue weighted by Gasteiger charge is 2.26. The Morgan fingerprint density at radius 2 is 1.92 bits per heavy atom. The lowest BCUT2D eigenvalue weighted by Gasteiger charge is -2.35. The lowest BCUT2D eigenvalue weighted by molar-refractivity contribution is -0.896. The summed E-state index contributed by atoms with van der Waals surface area (Å²) in [5, 5.41) is 3.71. The molecule has 1 aromatic rings. The van der Waals surface area contributed by atoms with Crippen LogP contribution in [0.3, 0.4) is 0 Å². The van der Waals surface area contributed by atoms with Gasteiger partial charge in [0.2, 0.25) is 0 Å². The molecule has 2 aliphatic heterocycles. The first-order valence-corrected chi connectivity index (χ1v) is 9.45. The Hall–Kier alpha value is -1.77. The van der Waals surface area contributed by atoms with Crippen LogP contribution < -0.4 is 10.2 Å². The maximum Gasteiger partial charge on any atom is 0.277 e. The molecule has 2 fully saturated rings. The third-order valence-electron chi connectivity index (χ3n) is 4.95. The number of anilines is 1. The number of hydrogen-bond acceptors (Lipinski definition) is 3. The van der Waals surface area contributed by atoms with Gasteiger partial charge in [-0.25, -0.2) is 4.39 Å². The predicted octanol–water partition coefficient (Wildman–Crippen LogP) is -0.110. The van der Waals surface area contributed by atoms with Gasteiger partial charge in [-0.2, -0.15) is 0 Å². The fourth-order valence-corrected chi connectivity index (χ4v) is 3.51. The highest BCUT2D eigenvalue weighted by molar-refractivity contribution is 7.80. The summed E-state index contributed by atoms with van der Waals surface area (Å²) in [6.45, 7) is 8.20. The molecule has 2 saturated heterocycles. The maximum atomic E-state index is 13.7. The third-order valence-corrected chi connectivity index (χ3v) is 5.31. The van der Waals surface area contributed by atoms with E-state index in [-0.39, 0.29) is 11.7 Å². The minimum Gasteiger partial charge on any atom is -0.378 e. The van der Waals surface area contributed by atoms with E-state index >= 15 is 0 Å². The monoisotopic (exact) mass is 381 g/mol. The Bertz CT molecular complexity index is 659. The van der Waals surface area contributed by atoms with Crippen LogP contribution in [0, 0.1) is 12.7 Å². The normalized spacial score (nSPS) is 18.7.